The first-order valence-corrected chi connectivity index (χ1v) is 7.91. The maximum Gasteiger partial charge on any atom is 0.223 e. The summed E-state index contributed by atoms with van der Waals surface area (Å²) in [5.74, 6) is 2.28. The molecule has 0 aromatic carbocycles. The van der Waals surface area contributed by atoms with Gasteiger partial charge in [0, 0.05) is 18.5 Å². The van der Waals surface area contributed by atoms with E-state index in [1.807, 2.05) is 0 Å². The lowest BCUT2D eigenvalue weighted by molar-refractivity contribution is -0.135. The van der Waals surface area contributed by atoms with Crippen LogP contribution in [0.4, 0.5) is 0 Å². The van der Waals surface area contributed by atoms with Gasteiger partial charge in [-0.15, -0.1) is 0 Å². The number of amides is 1. The number of nitrogens with one attached hydrogen (secondary N) is 1. The van der Waals surface area contributed by atoms with Gasteiger partial charge in [-0.05, 0) is 64.0 Å². The van der Waals surface area contributed by atoms with Crippen molar-refractivity contribution >= 4 is 5.91 Å². The third-order valence-corrected chi connectivity index (χ3v) is 5.06. The Morgan fingerprint density at radius 2 is 2.00 bits per heavy atom. The van der Waals surface area contributed by atoms with Crippen LogP contribution in [0, 0.1) is 17.8 Å². The van der Waals surface area contributed by atoms with Crippen LogP contribution in [-0.4, -0.2) is 36.0 Å². The summed E-state index contributed by atoms with van der Waals surface area (Å²) < 4.78 is 0. The molecule has 2 saturated heterocycles. The van der Waals surface area contributed by atoms with E-state index in [0.29, 0.717) is 17.7 Å². The SMILES string of the molecule is CC1CN(C(=O)CC(C)C2CCNCC2)C(C)(C)C1. The van der Waals surface area contributed by atoms with Gasteiger partial charge in [-0.1, -0.05) is 13.8 Å². The molecule has 3 nitrogen and oxygen atoms in total. The molecule has 0 spiro atoms. The first-order valence-electron chi connectivity index (χ1n) is 7.91. The van der Waals surface area contributed by atoms with Gasteiger partial charge in [0.05, 0.1) is 0 Å². The Hall–Kier alpha value is -0.570. The molecular formula is C16H30N2O. The van der Waals surface area contributed by atoms with E-state index in [4.69, 9.17) is 0 Å². The summed E-state index contributed by atoms with van der Waals surface area (Å²) in [7, 11) is 0. The van der Waals surface area contributed by atoms with Gasteiger partial charge >= 0.3 is 0 Å². The summed E-state index contributed by atoms with van der Waals surface area (Å²) in [6.45, 7) is 12.1. The van der Waals surface area contributed by atoms with Gasteiger partial charge in [-0.2, -0.15) is 0 Å². The summed E-state index contributed by atoms with van der Waals surface area (Å²) >= 11 is 0. The molecule has 2 aliphatic rings. The molecular weight excluding hydrogens is 236 g/mol. The zero-order valence-corrected chi connectivity index (χ0v) is 13.0. The van der Waals surface area contributed by atoms with E-state index in [9.17, 15) is 4.79 Å². The van der Waals surface area contributed by atoms with Gasteiger partial charge in [0.25, 0.3) is 0 Å². The van der Waals surface area contributed by atoms with E-state index in [2.05, 4.69) is 37.9 Å². The number of piperidine rings is 1. The highest BCUT2D eigenvalue weighted by molar-refractivity contribution is 5.77. The maximum absolute atomic E-state index is 12.6. The molecule has 1 amide bonds. The van der Waals surface area contributed by atoms with E-state index in [-0.39, 0.29) is 5.54 Å². The van der Waals surface area contributed by atoms with Crippen LogP contribution in [0.25, 0.3) is 0 Å². The smallest absolute Gasteiger partial charge is 0.223 e. The molecule has 0 aromatic rings. The number of hydrogen-bond acceptors (Lipinski definition) is 2. The fourth-order valence-corrected chi connectivity index (χ4v) is 3.99. The highest BCUT2D eigenvalue weighted by Crippen LogP contribution is 2.34. The van der Waals surface area contributed by atoms with E-state index >= 15 is 0 Å². The molecule has 0 saturated carbocycles. The normalized spacial score (nSPS) is 29.5. The van der Waals surface area contributed by atoms with E-state index < -0.39 is 0 Å². The number of rotatable bonds is 3. The topological polar surface area (TPSA) is 32.3 Å². The van der Waals surface area contributed by atoms with Crippen LogP contribution in [0.2, 0.25) is 0 Å². The minimum absolute atomic E-state index is 0.0599. The summed E-state index contributed by atoms with van der Waals surface area (Å²) in [5, 5.41) is 3.40. The first-order chi connectivity index (χ1) is 8.90. The van der Waals surface area contributed by atoms with E-state index in [1.54, 1.807) is 0 Å². The summed E-state index contributed by atoms with van der Waals surface area (Å²) in [6, 6.07) is 0. The van der Waals surface area contributed by atoms with Crippen LogP contribution in [-0.2, 0) is 4.79 Å². The van der Waals surface area contributed by atoms with E-state index in [1.165, 1.54) is 12.8 Å². The predicted octanol–water partition coefficient (Wildman–Crippen LogP) is 2.66. The van der Waals surface area contributed by atoms with Crippen molar-refractivity contribution in [3.05, 3.63) is 0 Å². The number of hydrogen-bond donors (Lipinski definition) is 1. The zero-order chi connectivity index (χ0) is 14.0. The minimum Gasteiger partial charge on any atom is -0.337 e. The predicted molar refractivity (Wildman–Crippen MR) is 78.9 cm³/mol. The van der Waals surface area contributed by atoms with Crippen molar-refractivity contribution in [2.45, 2.75) is 58.9 Å². The quantitative estimate of drug-likeness (QED) is 0.852. The molecule has 0 bridgehead atoms. The van der Waals surface area contributed by atoms with Crippen molar-refractivity contribution in [1.29, 1.82) is 0 Å². The summed E-state index contributed by atoms with van der Waals surface area (Å²) in [5.41, 5.74) is 0.0599. The second-order valence-corrected chi connectivity index (χ2v) is 7.39. The van der Waals surface area contributed by atoms with Crippen LogP contribution < -0.4 is 5.32 Å². The van der Waals surface area contributed by atoms with Crippen molar-refractivity contribution in [2.75, 3.05) is 19.6 Å². The maximum atomic E-state index is 12.6. The van der Waals surface area contributed by atoms with Crippen LogP contribution in [0.5, 0.6) is 0 Å². The Labute approximate surface area is 118 Å². The molecule has 1 N–H and O–H groups in total. The van der Waals surface area contributed by atoms with Gasteiger partial charge in [0.15, 0.2) is 0 Å². The van der Waals surface area contributed by atoms with Crippen molar-refractivity contribution in [3.63, 3.8) is 0 Å². The van der Waals surface area contributed by atoms with Crippen LogP contribution in [0.1, 0.15) is 53.4 Å². The molecule has 2 fully saturated rings. The van der Waals surface area contributed by atoms with Gasteiger partial charge in [0.2, 0.25) is 5.91 Å². The fourth-order valence-electron chi connectivity index (χ4n) is 3.99. The monoisotopic (exact) mass is 266 g/mol. The molecule has 0 aliphatic carbocycles. The molecule has 2 heterocycles. The molecule has 0 radical (unpaired) electrons. The zero-order valence-electron chi connectivity index (χ0n) is 13.0. The number of carbonyl (C=O) groups excluding carboxylic acids is 1. The number of carbonyl (C=O) groups is 1. The highest BCUT2D eigenvalue weighted by Gasteiger charge is 2.39. The van der Waals surface area contributed by atoms with Crippen molar-refractivity contribution < 1.29 is 4.79 Å². The second kappa shape index (κ2) is 5.82. The molecule has 0 aromatic heterocycles. The largest absolute Gasteiger partial charge is 0.337 e. The van der Waals surface area contributed by atoms with Gasteiger partial charge in [-0.3, -0.25) is 4.79 Å². The Balaban J connectivity index is 1.89. The lowest BCUT2D eigenvalue weighted by atomic mass is 9.83. The summed E-state index contributed by atoms with van der Waals surface area (Å²) in [6.07, 6.45) is 4.34. The minimum atomic E-state index is 0.0599. The third kappa shape index (κ3) is 3.50. The van der Waals surface area contributed by atoms with Crippen LogP contribution >= 0.6 is 0 Å². The number of nitrogens with zero attached hydrogens (tertiary/aromatic N) is 1. The Morgan fingerprint density at radius 3 is 2.53 bits per heavy atom. The van der Waals surface area contributed by atoms with Crippen molar-refractivity contribution in [1.82, 2.24) is 10.2 Å². The van der Waals surface area contributed by atoms with Crippen LogP contribution in [0.15, 0.2) is 0 Å². The van der Waals surface area contributed by atoms with Gasteiger partial charge < -0.3 is 10.2 Å². The lowest BCUT2D eigenvalue weighted by Crippen LogP contribution is -2.44. The molecule has 19 heavy (non-hydrogen) atoms. The molecule has 3 heteroatoms. The fraction of sp³-hybridized carbons (Fsp3) is 0.938. The van der Waals surface area contributed by atoms with Crippen molar-refractivity contribution in [3.8, 4) is 0 Å². The third-order valence-electron chi connectivity index (χ3n) is 5.06. The molecule has 2 aliphatic heterocycles. The standard InChI is InChI=1S/C16H30N2O/c1-12-10-16(3,4)18(11-12)15(19)9-13(2)14-5-7-17-8-6-14/h12-14,17H,5-11H2,1-4H3. The van der Waals surface area contributed by atoms with Crippen molar-refractivity contribution in [2.24, 2.45) is 17.8 Å². The molecule has 2 atom stereocenters. The average Bonchev–Trinajstić information content (AvgIpc) is 2.63. The molecule has 110 valence electrons. The van der Waals surface area contributed by atoms with E-state index in [0.717, 1.165) is 38.4 Å². The average molecular weight is 266 g/mol. The molecule has 2 unspecified atom stereocenters. The first kappa shape index (κ1) is 14.8. The number of likely N-dealkylation sites (tertiary alicyclic amines) is 1. The Morgan fingerprint density at radius 1 is 1.37 bits per heavy atom. The van der Waals surface area contributed by atoms with Crippen LogP contribution in [0.3, 0.4) is 0 Å². The molecule has 2 rings (SSSR count). The Bertz CT molecular complexity index is 321. The summed E-state index contributed by atoms with van der Waals surface area (Å²) in [4.78, 5) is 14.7. The van der Waals surface area contributed by atoms with Gasteiger partial charge in [-0.25, -0.2) is 0 Å². The lowest BCUT2D eigenvalue weighted by Gasteiger charge is -2.34. The van der Waals surface area contributed by atoms with Gasteiger partial charge in [0.1, 0.15) is 0 Å². The Kier molecular flexibility index (Phi) is 4.54. The highest BCUT2D eigenvalue weighted by atomic mass is 16.2. The second-order valence-electron chi connectivity index (χ2n) is 7.39.